The van der Waals surface area contributed by atoms with Gasteiger partial charge in [-0.1, -0.05) is 45.8 Å². The zero-order valence-electron chi connectivity index (χ0n) is 8.23. The Bertz CT molecular complexity index is 285. The van der Waals surface area contributed by atoms with E-state index in [2.05, 4.69) is 12.1 Å². The van der Waals surface area contributed by atoms with Gasteiger partial charge in [0.15, 0.2) is 0 Å². The van der Waals surface area contributed by atoms with Crippen LogP contribution >= 0.6 is 8.58 Å². The maximum atomic E-state index is 10.5. The molecular formula is C11H15O2P. The first-order valence-electron chi connectivity index (χ1n) is 4.72. The molecule has 0 aliphatic heterocycles. The van der Waals surface area contributed by atoms with Crippen molar-refractivity contribution in [1.29, 1.82) is 0 Å². The molecule has 1 N–H and O–H groups in total. The maximum absolute atomic E-state index is 10.5. The van der Waals surface area contributed by atoms with Gasteiger partial charge in [-0.15, -0.1) is 0 Å². The molecule has 0 heterocycles. The minimum Gasteiger partial charge on any atom is -0.481 e. The Balaban J connectivity index is 2.26. The zero-order chi connectivity index (χ0) is 10.4. The predicted octanol–water partition coefficient (Wildman–Crippen LogP) is 2.10. The summed E-state index contributed by atoms with van der Waals surface area (Å²) >= 11 is 0. The average Bonchev–Trinajstić information content (AvgIpc) is 2.19. The molecule has 2 atom stereocenters. The van der Waals surface area contributed by atoms with Crippen LogP contribution in [0.2, 0.25) is 0 Å². The highest BCUT2D eigenvalue weighted by atomic mass is 31.1. The summed E-state index contributed by atoms with van der Waals surface area (Å²) in [4.78, 5) is 10.5. The molecule has 1 aromatic carbocycles. The number of hydrogen-bond donors (Lipinski definition) is 1. The Morgan fingerprint density at radius 1 is 1.43 bits per heavy atom. The van der Waals surface area contributed by atoms with E-state index in [4.69, 9.17) is 5.11 Å². The lowest BCUT2D eigenvalue weighted by Gasteiger charge is -2.05. The van der Waals surface area contributed by atoms with E-state index < -0.39 is 5.97 Å². The summed E-state index contributed by atoms with van der Waals surface area (Å²) < 4.78 is 0. The summed E-state index contributed by atoms with van der Waals surface area (Å²) in [5.74, 6) is -0.908. The second-order valence-electron chi connectivity index (χ2n) is 3.32. The van der Waals surface area contributed by atoms with Gasteiger partial charge < -0.3 is 5.11 Å². The largest absolute Gasteiger partial charge is 0.481 e. The first-order valence-corrected chi connectivity index (χ1v) is 5.92. The first kappa shape index (κ1) is 11.2. The molecule has 0 amide bonds. The summed E-state index contributed by atoms with van der Waals surface area (Å²) in [6.45, 7) is 1.76. The molecule has 76 valence electrons. The molecular weight excluding hydrogens is 195 g/mol. The second kappa shape index (κ2) is 5.77. The van der Waals surface area contributed by atoms with E-state index in [9.17, 15) is 4.79 Å². The van der Waals surface area contributed by atoms with Gasteiger partial charge in [0.1, 0.15) is 0 Å². The number of carboxylic acid groups (broad SMARTS) is 1. The monoisotopic (exact) mass is 210 g/mol. The van der Waals surface area contributed by atoms with Crippen molar-refractivity contribution in [2.45, 2.75) is 13.3 Å². The van der Waals surface area contributed by atoms with E-state index in [-0.39, 0.29) is 5.92 Å². The summed E-state index contributed by atoms with van der Waals surface area (Å²) in [7, 11) is 0.727. The molecule has 1 rings (SSSR count). The number of carbonyl (C=O) groups is 1. The number of benzene rings is 1. The summed E-state index contributed by atoms with van der Waals surface area (Å²) in [5.41, 5.74) is 0. The van der Waals surface area contributed by atoms with Crippen LogP contribution in [0.5, 0.6) is 0 Å². The van der Waals surface area contributed by atoms with Crippen LogP contribution in [0.4, 0.5) is 0 Å². The van der Waals surface area contributed by atoms with Crippen LogP contribution in [-0.2, 0) is 4.79 Å². The Hall–Kier alpha value is -0.880. The highest BCUT2D eigenvalue weighted by molar-refractivity contribution is 7.47. The van der Waals surface area contributed by atoms with Crippen LogP contribution in [0.3, 0.4) is 0 Å². The van der Waals surface area contributed by atoms with Crippen molar-refractivity contribution in [2.75, 3.05) is 6.16 Å². The highest BCUT2D eigenvalue weighted by Crippen LogP contribution is 2.14. The van der Waals surface area contributed by atoms with Gasteiger partial charge in [0.05, 0.1) is 5.92 Å². The van der Waals surface area contributed by atoms with Crippen molar-refractivity contribution >= 4 is 19.9 Å². The fourth-order valence-electron chi connectivity index (χ4n) is 1.11. The summed E-state index contributed by atoms with van der Waals surface area (Å²) in [5, 5.41) is 9.99. The molecule has 14 heavy (non-hydrogen) atoms. The quantitative estimate of drug-likeness (QED) is 0.755. The number of carboxylic acids is 1. The predicted molar refractivity (Wildman–Crippen MR) is 60.7 cm³/mol. The first-order chi connectivity index (χ1) is 6.70. The number of hydrogen-bond acceptors (Lipinski definition) is 1. The van der Waals surface area contributed by atoms with E-state index in [1.807, 2.05) is 18.2 Å². The molecule has 0 radical (unpaired) electrons. The van der Waals surface area contributed by atoms with Gasteiger partial charge in [-0.3, -0.25) is 4.79 Å². The lowest BCUT2D eigenvalue weighted by molar-refractivity contribution is -0.141. The highest BCUT2D eigenvalue weighted by Gasteiger charge is 2.09. The molecule has 0 spiro atoms. The molecule has 2 unspecified atom stereocenters. The molecule has 0 aliphatic carbocycles. The van der Waals surface area contributed by atoms with Gasteiger partial charge in [-0.05, 0) is 17.9 Å². The molecule has 0 fully saturated rings. The molecule has 1 aromatic rings. The van der Waals surface area contributed by atoms with E-state index >= 15 is 0 Å². The van der Waals surface area contributed by atoms with Crippen LogP contribution in [0.1, 0.15) is 13.3 Å². The SMILES string of the molecule is CC(CCPc1ccccc1)C(=O)O. The Morgan fingerprint density at radius 3 is 2.64 bits per heavy atom. The van der Waals surface area contributed by atoms with E-state index in [0.717, 1.165) is 21.2 Å². The Morgan fingerprint density at radius 2 is 2.07 bits per heavy atom. The summed E-state index contributed by atoms with van der Waals surface area (Å²) in [6, 6.07) is 10.2. The second-order valence-corrected chi connectivity index (χ2v) is 4.75. The van der Waals surface area contributed by atoms with Gasteiger partial charge in [0.2, 0.25) is 0 Å². The van der Waals surface area contributed by atoms with Crippen molar-refractivity contribution in [1.82, 2.24) is 0 Å². The smallest absolute Gasteiger partial charge is 0.306 e. The van der Waals surface area contributed by atoms with E-state index in [0.29, 0.717) is 0 Å². The molecule has 0 aliphatic rings. The molecule has 2 nitrogen and oxygen atoms in total. The topological polar surface area (TPSA) is 37.3 Å². The van der Waals surface area contributed by atoms with Gasteiger partial charge in [-0.2, -0.15) is 0 Å². The lowest BCUT2D eigenvalue weighted by Crippen LogP contribution is -2.10. The molecule has 0 saturated heterocycles. The normalized spacial score (nSPS) is 13.2. The van der Waals surface area contributed by atoms with Crippen LogP contribution in [0, 0.1) is 5.92 Å². The Kier molecular flexibility index (Phi) is 4.61. The van der Waals surface area contributed by atoms with Gasteiger partial charge in [0.25, 0.3) is 0 Å². The fraction of sp³-hybridized carbons (Fsp3) is 0.364. The molecule has 0 aromatic heterocycles. The lowest BCUT2D eigenvalue weighted by atomic mass is 10.1. The maximum Gasteiger partial charge on any atom is 0.306 e. The van der Waals surface area contributed by atoms with Crippen LogP contribution in [0.25, 0.3) is 0 Å². The van der Waals surface area contributed by atoms with Crippen LogP contribution < -0.4 is 5.30 Å². The Labute approximate surface area is 86.1 Å². The third-order valence-corrected chi connectivity index (χ3v) is 3.38. The number of aliphatic carboxylic acids is 1. The summed E-state index contributed by atoms with van der Waals surface area (Å²) in [6.07, 6.45) is 1.74. The molecule has 0 saturated carbocycles. The standard InChI is InChI=1S/C11H15O2P/c1-9(11(12)13)7-8-14-10-5-3-2-4-6-10/h2-6,9,14H,7-8H2,1H3,(H,12,13). The van der Waals surface area contributed by atoms with E-state index in [1.54, 1.807) is 6.92 Å². The van der Waals surface area contributed by atoms with Crippen molar-refractivity contribution < 1.29 is 9.90 Å². The van der Waals surface area contributed by atoms with Gasteiger partial charge >= 0.3 is 5.97 Å². The minimum absolute atomic E-state index is 0.216. The fourth-order valence-corrected chi connectivity index (χ4v) is 2.41. The van der Waals surface area contributed by atoms with E-state index in [1.165, 1.54) is 5.30 Å². The van der Waals surface area contributed by atoms with Crippen molar-refractivity contribution in [2.24, 2.45) is 5.92 Å². The van der Waals surface area contributed by atoms with Crippen molar-refractivity contribution in [3.8, 4) is 0 Å². The molecule has 3 heteroatoms. The van der Waals surface area contributed by atoms with Gasteiger partial charge in [0, 0.05) is 0 Å². The third kappa shape index (κ3) is 3.89. The zero-order valence-corrected chi connectivity index (χ0v) is 9.23. The van der Waals surface area contributed by atoms with Crippen LogP contribution in [-0.4, -0.2) is 17.2 Å². The van der Waals surface area contributed by atoms with Gasteiger partial charge in [-0.25, -0.2) is 0 Å². The van der Waals surface area contributed by atoms with Crippen LogP contribution in [0.15, 0.2) is 30.3 Å². The number of rotatable bonds is 5. The average molecular weight is 210 g/mol. The third-order valence-electron chi connectivity index (χ3n) is 2.10. The minimum atomic E-state index is -0.692. The van der Waals surface area contributed by atoms with Crippen molar-refractivity contribution in [3.63, 3.8) is 0 Å². The molecule has 0 bridgehead atoms. The van der Waals surface area contributed by atoms with Crippen molar-refractivity contribution in [3.05, 3.63) is 30.3 Å².